The number of rotatable bonds is 4. The smallest absolute Gasteiger partial charge is 0.125 e. The van der Waals surface area contributed by atoms with Crippen LogP contribution in [0.25, 0.3) is 0 Å². The van der Waals surface area contributed by atoms with Gasteiger partial charge in [0.05, 0.1) is 12.6 Å². The minimum absolute atomic E-state index is 0.0910. The van der Waals surface area contributed by atoms with Crippen LogP contribution in [0.3, 0.4) is 0 Å². The van der Waals surface area contributed by atoms with Gasteiger partial charge in [-0.05, 0) is 43.7 Å². The Morgan fingerprint density at radius 1 is 1.32 bits per heavy atom. The normalized spacial score (nSPS) is 22.2. The summed E-state index contributed by atoms with van der Waals surface area (Å²) in [6.07, 6.45) is -0.561. The van der Waals surface area contributed by atoms with Gasteiger partial charge < -0.3 is 14.9 Å². The van der Waals surface area contributed by atoms with Gasteiger partial charge in [0.25, 0.3) is 0 Å². The van der Waals surface area contributed by atoms with Gasteiger partial charge in [-0.3, -0.25) is 4.90 Å². The molecular formula is C15H23NO3. The number of aryl methyl sites for hydroxylation is 2. The molecule has 0 radical (unpaired) electrons. The van der Waals surface area contributed by atoms with E-state index in [0.29, 0.717) is 13.2 Å². The summed E-state index contributed by atoms with van der Waals surface area (Å²) in [7, 11) is 0. The highest BCUT2D eigenvalue weighted by Gasteiger charge is 2.33. The fourth-order valence-corrected chi connectivity index (χ4v) is 2.63. The molecule has 1 aromatic rings. The van der Waals surface area contributed by atoms with Crippen molar-refractivity contribution in [2.45, 2.75) is 32.9 Å². The lowest BCUT2D eigenvalue weighted by molar-refractivity contribution is -0.000421. The molecule has 2 rings (SSSR count). The highest BCUT2D eigenvalue weighted by atomic mass is 16.5. The van der Waals surface area contributed by atoms with Crippen molar-refractivity contribution in [2.75, 3.05) is 26.3 Å². The van der Waals surface area contributed by atoms with E-state index in [4.69, 9.17) is 9.84 Å². The number of ether oxygens (including phenoxy) is 1. The summed E-state index contributed by atoms with van der Waals surface area (Å²) in [4.78, 5) is 2.06. The van der Waals surface area contributed by atoms with Crippen molar-refractivity contribution in [2.24, 2.45) is 0 Å². The van der Waals surface area contributed by atoms with Gasteiger partial charge in [-0.2, -0.15) is 0 Å². The van der Waals surface area contributed by atoms with Gasteiger partial charge in [0.15, 0.2) is 0 Å². The molecular weight excluding hydrogens is 242 g/mol. The van der Waals surface area contributed by atoms with E-state index in [2.05, 4.69) is 4.90 Å². The number of nitrogens with zero attached hydrogens (tertiary/aromatic N) is 1. The Balaban J connectivity index is 2.28. The monoisotopic (exact) mass is 265 g/mol. The van der Waals surface area contributed by atoms with Gasteiger partial charge in [-0.15, -0.1) is 0 Å². The van der Waals surface area contributed by atoms with E-state index in [1.807, 2.05) is 32.9 Å². The van der Waals surface area contributed by atoms with Crippen LogP contribution in [0.15, 0.2) is 12.1 Å². The first-order valence-corrected chi connectivity index (χ1v) is 6.85. The second-order valence-corrected chi connectivity index (χ2v) is 5.15. The Morgan fingerprint density at radius 3 is 2.63 bits per heavy atom. The first kappa shape index (κ1) is 14.3. The van der Waals surface area contributed by atoms with E-state index >= 15 is 0 Å². The van der Waals surface area contributed by atoms with E-state index in [9.17, 15) is 5.11 Å². The van der Waals surface area contributed by atoms with Gasteiger partial charge in [0.1, 0.15) is 18.5 Å². The van der Waals surface area contributed by atoms with Crippen LogP contribution in [-0.4, -0.2) is 47.5 Å². The SMILES string of the molecule is CCN(CCO)C1COc2cc(C)c(C)cc2C1O. The first-order chi connectivity index (χ1) is 9.08. The molecule has 4 nitrogen and oxygen atoms in total. The average molecular weight is 265 g/mol. The number of benzene rings is 1. The molecule has 0 aromatic heterocycles. The molecule has 0 saturated heterocycles. The van der Waals surface area contributed by atoms with Crippen LogP contribution >= 0.6 is 0 Å². The highest BCUT2D eigenvalue weighted by Crippen LogP contribution is 2.36. The molecule has 0 saturated carbocycles. The highest BCUT2D eigenvalue weighted by molar-refractivity contribution is 5.44. The number of likely N-dealkylation sites (N-methyl/N-ethyl adjacent to an activating group) is 1. The molecule has 1 aliphatic rings. The summed E-state index contributed by atoms with van der Waals surface area (Å²) in [5.41, 5.74) is 3.19. The Kier molecular flexibility index (Phi) is 4.45. The van der Waals surface area contributed by atoms with Crippen molar-refractivity contribution in [3.8, 4) is 5.75 Å². The number of fused-ring (bicyclic) bond motifs is 1. The summed E-state index contributed by atoms with van der Waals surface area (Å²) in [5, 5.41) is 19.7. The van der Waals surface area contributed by atoms with Crippen molar-refractivity contribution in [1.29, 1.82) is 0 Å². The summed E-state index contributed by atoms with van der Waals surface area (Å²) in [5.74, 6) is 0.784. The molecule has 2 atom stereocenters. The number of hydrogen-bond donors (Lipinski definition) is 2. The van der Waals surface area contributed by atoms with Crippen molar-refractivity contribution in [3.63, 3.8) is 0 Å². The van der Waals surface area contributed by atoms with Crippen LogP contribution in [0, 0.1) is 13.8 Å². The van der Waals surface area contributed by atoms with Gasteiger partial charge in [0, 0.05) is 12.1 Å². The zero-order valence-corrected chi connectivity index (χ0v) is 11.9. The first-order valence-electron chi connectivity index (χ1n) is 6.85. The van der Waals surface area contributed by atoms with E-state index in [1.54, 1.807) is 0 Å². The topological polar surface area (TPSA) is 52.9 Å². The predicted octanol–water partition coefficient (Wildman–Crippen LogP) is 1.41. The third-order valence-electron chi connectivity index (χ3n) is 3.98. The Hall–Kier alpha value is -1.10. The number of aliphatic hydroxyl groups is 2. The number of aliphatic hydroxyl groups excluding tert-OH is 2. The second-order valence-electron chi connectivity index (χ2n) is 5.15. The van der Waals surface area contributed by atoms with Gasteiger partial charge in [0.2, 0.25) is 0 Å². The van der Waals surface area contributed by atoms with Crippen LogP contribution < -0.4 is 4.74 Å². The molecule has 0 amide bonds. The minimum atomic E-state index is -0.561. The van der Waals surface area contributed by atoms with Crippen molar-refractivity contribution >= 4 is 0 Å². The van der Waals surface area contributed by atoms with Gasteiger partial charge in [-0.25, -0.2) is 0 Å². The molecule has 19 heavy (non-hydrogen) atoms. The number of hydrogen-bond acceptors (Lipinski definition) is 4. The third-order valence-corrected chi connectivity index (χ3v) is 3.98. The summed E-state index contributed by atoms with van der Waals surface area (Å²) >= 11 is 0. The second kappa shape index (κ2) is 5.90. The van der Waals surface area contributed by atoms with Gasteiger partial charge >= 0.3 is 0 Å². The molecule has 1 heterocycles. The van der Waals surface area contributed by atoms with Crippen molar-refractivity contribution in [1.82, 2.24) is 4.90 Å². The molecule has 2 N–H and O–H groups in total. The van der Waals surface area contributed by atoms with Crippen LogP contribution in [-0.2, 0) is 0 Å². The molecule has 106 valence electrons. The largest absolute Gasteiger partial charge is 0.491 e. The molecule has 0 bridgehead atoms. The van der Waals surface area contributed by atoms with E-state index in [0.717, 1.165) is 23.4 Å². The third kappa shape index (κ3) is 2.76. The molecule has 2 unspecified atom stereocenters. The fourth-order valence-electron chi connectivity index (χ4n) is 2.63. The zero-order valence-electron chi connectivity index (χ0n) is 11.9. The van der Waals surface area contributed by atoms with E-state index in [1.165, 1.54) is 5.56 Å². The summed E-state index contributed by atoms with van der Waals surface area (Å²) in [6.45, 7) is 8.01. The molecule has 0 spiro atoms. The standard InChI is InChI=1S/C15H23NO3/c1-4-16(5-6-17)13-9-19-14-8-11(3)10(2)7-12(14)15(13)18/h7-8,13,15,17-18H,4-6,9H2,1-3H3. The maximum Gasteiger partial charge on any atom is 0.125 e. The Morgan fingerprint density at radius 2 is 2.00 bits per heavy atom. The maximum absolute atomic E-state index is 10.6. The van der Waals surface area contributed by atoms with Crippen molar-refractivity contribution < 1.29 is 14.9 Å². The van der Waals surface area contributed by atoms with Gasteiger partial charge in [-0.1, -0.05) is 6.92 Å². The van der Waals surface area contributed by atoms with Crippen LogP contribution in [0.2, 0.25) is 0 Å². The van der Waals surface area contributed by atoms with Crippen LogP contribution in [0.4, 0.5) is 0 Å². The lowest BCUT2D eigenvalue weighted by Gasteiger charge is -2.37. The molecule has 1 aromatic carbocycles. The lowest BCUT2D eigenvalue weighted by atomic mass is 9.94. The fraction of sp³-hybridized carbons (Fsp3) is 0.600. The van der Waals surface area contributed by atoms with Crippen LogP contribution in [0.1, 0.15) is 29.7 Å². The average Bonchev–Trinajstić information content (AvgIpc) is 2.39. The maximum atomic E-state index is 10.6. The lowest BCUT2D eigenvalue weighted by Crippen LogP contribution is -2.47. The van der Waals surface area contributed by atoms with Crippen LogP contribution in [0.5, 0.6) is 5.75 Å². The molecule has 1 aliphatic heterocycles. The minimum Gasteiger partial charge on any atom is -0.491 e. The van der Waals surface area contributed by atoms with E-state index in [-0.39, 0.29) is 12.6 Å². The summed E-state index contributed by atoms with van der Waals surface area (Å²) < 4.78 is 5.79. The Bertz CT molecular complexity index is 447. The zero-order chi connectivity index (χ0) is 14.0. The van der Waals surface area contributed by atoms with E-state index < -0.39 is 6.10 Å². The molecule has 0 aliphatic carbocycles. The predicted molar refractivity (Wildman–Crippen MR) is 74.5 cm³/mol. The molecule has 0 fully saturated rings. The van der Waals surface area contributed by atoms with Crippen molar-refractivity contribution in [3.05, 3.63) is 28.8 Å². The molecule has 4 heteroatoms. The Labute approximate surface area is 114 Å². The summed E-state index contributed by atoms with van der Waals surface area (Å²) in [6, 6.07) is 3.91. The quantitative estimate of drug-likeness (QED) is 0.864.